The fourth-order valence-electron chi connectivity index (χ4n) is 0.861. The fourth-order valence-corrected chi connectivity index (χ4v) is 1.96. The number of amides is 1. The summed E-state index contributed by atoms with van der Waals surface area (Å²) < 4.78 is 22.6. The van der Waals surface area contributed by atoms with E-state index in [9.17, 15) is 13.2 Å². The van der Waals surface area contributed by atoms with Crippen molar-refractivity contribution in [2.75, 3.05) is 6.26 Å². The minimum absolute atomic E-state index is 0.567. The van der Waals surface area contributed by atoms with E-state index in [1.165, 1.54) is 6.92 Å². The molecule has 1 atom stereocenters. The van der Waals surface area contributed by atoms with E-state index in [-0.39, 0.29) is 0 Å². The van der Waals surface area contributed by atoms with E-state index in [1.54, 1.807) is 0 Å². The van der Waals surface area contributed by atoms with Crippen LogP contribution in [0.15, 0.2) is 0 Å². The van der Waals surface area contributed by atoms with Crippen LogP contribution >= 0.6 is 0 Å². The quantitative estimate of drug-likeness (QED) is 0.566. The van der Waals surface area contributed by atoms with E-state index in [2.05, 4.69) is 5.92 Å². The Morgan fingerprint density at radius 2 is 2.00 bits per heavy atom. The van der Waals surface area contributed by atoms with Gasteiger partial charge >= 0.3 is 0 Å². The third kappa shape index (κ3) is 2.55. The minimum Gasteiger partial charge on any atom is -0.274 e. The van der Waals surface area contributed by atoms with Crippen molar-refractivity contribution in [1.82, 2.24) is 4.31 Å². The van der Waals surface area contributed by atoms with Gasteiger partial charge in [-0.15, -0.1) is 6.42 Å². The Balaban J connectivity index is 4.98. The summed E-state index contributed by atoms with van der Waals surface area (Å²) in [7, 11) is -3.53. The van der Waals surface area contributed by atoms with Crippen LogP contribution in [-0.2, 0) is 14.8 Å². The van der Waals surface area contributed by atoms with Crippen LogP contribution in [0.25, 0.3) is 0 Å². The molecule has 0 rings (SSSR count). The normalized spacial score (nSPS) is 13.2. The zero-order valence-corrected chi connectivity index (χ0v) is 8.05. The van der Waals surface area contributed by atoms with E-state index in [1.807, 2.05) is 0 Å². The predicted octanol–water partition coefficient (Wildman–Crippen LogP) is -0.184. The van der Waals surface area contributed by atoms with E-state index >= 15 is 0 Å². The summed E-state index contributed by atoms with van der Waals surface area (Å²) in [4.78, 5) is 10.8. The Kier molecular flexibility index (Phi) is 3.28. The maximum Gasteiger partial charge on any atom is 0.235 e. The minimum atomic E-state index is -3.53. The second kappa shape index (κ2) is 3.59. The van der Waals surface area contributed by atoms with Gasteiger partial charge in [-0.2, -0.15) is 0 Å². The van der Waals surface area contributed by atoms with Crippen molar-refractivity contribution in [2.24, 2.45) is 0 Å². The van der Waals surface area contributed by atoms with Crippen molar-refractivity contribution in [2.45, 2.75) is 19.9 Å². The standard InChI is InChI=1S/C7H11NO3S/c1-5-6(2)8(7(3)9)12(4,10)11/h1,6H,2-4H3. The Labute approximate surface area is 72.6 Å². The number of rotatable bonds is 2. The highest BCUT2D eigenvalue weighted by atomic mass is 32.2. The second-order valence-electron chi connectivity index (χ2n) is 2.42. The molecule has 0 aliphatic heterocycles. The SMILES string of the molecule is C#CC(C)N(C(C)=O)S(C)(=O)=O. The van der Waals surface area contributed by atoms with Gasteiger partial charge in [0, 0.05) is 6.92 Å². The Morgan fingerprint density at radius 1 is 1.58 bits per heavy atom. The predicted molar refractivity (Wildman–Crippen MR) is 45.7 cm³/mol. The lowest BCUT2D eigenvalue weighted by atomic mass is 10.3. The van der Waals surface area contributed by atoms with Gasteiger partial charge in [0.15, 0.2) is 0 Å². The lowest BCUT2D eigenvalue weighted by Gasteiger charge is -2.21. The molecule has 0 aromatic rings. The summed E-state index contributed by atoms with van der Waals surface area (Å²) in [5.41, 5.74) is 0. The van der Waals surface area contributed by atoms with Crippen LogP contribution in [0.1, 0.15) is 13.8 Å². The lowest BCUT2D eigenvalue weighted by Crippen LogP contribution is -2.40. The van der Waals surface area contributed by atoms with E-state index in [0.29, 0.717) is 4.31 Å². The van der Waals surface area contributed by atoms with Gasteiger partial charge in [-0.05, 0) is 6.92 Å². The summed E-state index contributed by atoms with van der Waals surface area (Å²) in [5.74, 6) is 1.61. The molecule has 5 heteroatoms. The summed E-state index contributed by atoms with van der Waals surface area (Å²) in [6, 6.07) is -0.725. The van der Waals surface area contributed by atoms with Gasteiger partial charge in [-0.1, -0.05) is 5.92 Å². The van der Waals surface area contributed by atoms with Crippen LogP contribution in [0.2, 0.25) is 0 Å². The van der Waals surface area contributed by atoms with Crippen LogP contribution in [0.5, 0.6) is 0 Å². The molecule has 0 saturated carbocycles. The molecule has 0 heterocycles. The van der Waals surface area contributed by atoms with Crippen LogP contribution in [0.4, 0.5) is 0 Å². The third-order valence-electron chi connectivity index (χ3n) is 1.26. The number of carbonyl (C=O) groups is 1. The molecular formula is C7H11NO3S. The lowest BCUT2D eigenvalue weighted by molar-refractivity contribution is -0.124. The molecule has 1 amide bonds. The second-order valence-corrected chi connectivity index (χ2v) is 4.28. The molecule has 0 saturated heterocycles. The summed E-state index contributed by atoms with van der Waals surface area (Å²) in [5, 5.41) is 0. The molecule has 1 unspecified atom stereocenters. The molecule has 12 heavy (non-hydrogen) atoms. The number of carbonyl (C=O) groups excluding carboxylic acids is 1. The summed E-state index contributed by atoms with van der Waals surface area (Å²) in [6.07, 6.45) is 5.95. The molecule has 4 nitrogen and oxygen atoms in total. The first-order valence-corrected chi connectivity index (χ1v) is 5.11. The van der Waals surface area contributed by atoms with Crippen LogP contribution in [0.3, 0.4) is 0 Å². The van der Waals surface area contributed by atoms with Crippen molar-refractivity contribution in [1.29, 1.82) is 0 Å². The van der Waals surface area contributed by atoms with Gasteiger partial charge < -0.3 is 0 Å². The van der Waals surface area contributed by atoms with Crippen molar-refractivity contribution in [3.8, 4) is 12.3 Å². The van der Waals surface area contributed by atoms with Crippen LogP contribution < -0.4 is 0 Å². The highest BCUT2D eigenvalue weighted by molar-refractivity contribution is 7.88. The Bertz CT molecular complexity index is 312. The largest absolute Gasteiger partial charge is 0.274 e. The highest BCUT2D eigenvalue weighted by Crippen LogP contribution is 2.04. The van der Waals surface area contributed by atoms with Crippen LogP contribution in [0, 0.1) is 12.3 Å². The molecule has 0 radical (unpaired) electrons. The van der Waals surface area contributed by atoms with Gasteiger partial charge in [0.2, 0.25) is 15.9 Å². The van der Waals surface area contributed by atoms with Crippen molar-refractivity contribution in [3.05, 3.63) is 0 Å². The molecule has 0 aromatic heterocycles. The number of sulfonamides is 1. The molecule has 0 aliphatic rings. The fraction of sp³-hybridized carbons (Fsp3) is 0.571. The zero-order valence-electron chi connectivity index (χ0n) is 7.23. The van der Waals surface area contributed by atoms with E-state index in [4.69, 9.17) is 6.42 Å². The Hall–Kier alpha value is -1.02. The van der Waals surface area contributed by atoms with Gasteiger partial charge in [-0.3, -0.25) is 4.79 Å². The first kappa shape index (κ1) is 11.0. The van der Waals surface area contributed by atoms with Gasteiger partial charge in [0.05, 0.1) is 6.26 Å². The maximum absolute atomic E-state index is 11.0. The Morgan fingerprint density at radius 3 is 2.08 bits per heavy atom. The molecule has 68 valence electrons. The molecular weight excluding hydrogens is 178 g/mol. The number of nitrogens with zero attached hydrogens (tertiary/aromatic N) is 1. The molecule has 0 aromatic carbocycles. The van der Waals surface area contributed by atoms with Crippen molar-refractivity contribution >= 4 is 15.9 Å². The van der Waals surface area contributed by atoms with Gasteiger partial charge in [0.25, 0.3) is 0 Å². The first-order chi connectivity index (χ1) is 5.30. The van der Waals surface area contributed by atoms with Crippen molar-refractivity contribution < 1.29 is 13.2 Å². The van der Waals surface area contributed by atoms with Gasteiger partial charge in [-0.25, -0.2) is 12.7 Å². The average Bonchev–Trinajstić information content (AvgIpc) is 1.83. The topological polar surface area (TPSA) is 54.5 Å². The summed E-state index contributed by atoms with van der Waals surface area (Å²) in [6.45, 7) is 2.64. The average molecular weight is 189 g/mol. The van der Waals surface area contributed by atoms with E-state index in [0.717, 1.165) is 13.2 Å². The number of hydrogen-bond donors (Lipinski definition) is 0. The smallest absolute Gasteiger partial charge is 0.235 e. The van der Waals surface area contributed by atoms with Crippen LogP contribution in [-0.4, -0.2) is 30.9 Å². The monoisotopic (exact) mass is 189 g/mol. The number of terminal acetylenes is 1. The summed E-state index contributed by atoms with van der Waals surface area (Å²) >= 11 is 0. The van der Waals surface area contributed by atoms with E-state index < -0.39 is 22.0 Å². The molecule has 0 N–H and O–H groups in total. The maximum atomic E-state index is 11.0. The third-order valence-corrected chi connectivity index (χ3v) is 2.55. The van der Waals surface area contributed by atoms with Crippen molar-refractivity contribution in [3.63, 3.8) is 0 Å². The molecule has 0 spiro atoms. The number of hydrogen-bond acceptors (Lipinski definition) is 3. The zero-order chi connectivity index (χ0) is 9.94. The molecule has 0 aliphatic carbocycles. The first-order valence-electron chi connectivity index (χ1n) is 3.26. The molecule has 0 bridgehead atoms. The highest BCUT2D eigenvalue weighted by Gasteiger charge is 2.23. The molecule has 0 fully saturated rings. The van der Waals surface area contributed by atoms with Gasteiger partial charge in [0.1, 0.15) is 6.04 Å².